The Labute approximate surface area is 97.5 Å². The van der Waals surface area contributed by atoms with Crippen LogP contribution in [0.4, 0.5) is 5.69 Å². The summed E-state index contributed by atoms with van der Waals surface area (Å²) in [4.78, 5) is 5.31. The predicted molar refractivity (Wildman–Crippen MR) is 65.2 cm³/mol. The second-order valence-electron chi connectivity index (χ2n) is 3.20. The maximum atomic E-state index is 4.56. The number of nitrogens with zero attached hydrogens (tertiary/aromatic N) is 3. The normalized spacial score (nSPS) is 19.3. The third kappa shape index (κ3) is 1.42. The molecule has 0 saturated carbocycles. The molecular formula is C10H9N3S2. The molecule has 5 heteroatoms. The van der Waals surface area contributed by atoms with Crippen LogP contribution < -0.4 is 5.01 Å². The van der Waals surface area contributed by atoms with Crippen molar-refractivity contribution in [1.29, 1.82) is 0 Å². The molecule has 2 heterocycles. The van der Waals surface area contributed by atoms with E-state index in [-0.39, 0.29) is 4.71 Å². The lowest BCUT2D eigenvalue weighted by molar-refractivity contribution is 0.746. The summed E-state index contributed by atoms with van der Waals surface area (Å²) in [5.41, 5.74) is 1.18. The first kappa shape index (κ1) is 9.18. The molecule has 0 amide bonds. The van der Waals surface area contributed by atoms with E-state index in [9.17, 15) is 0 Å². The van der Waals surface area contributed by atoms with E-state index in [4.69, 9.17) is 0 Å². The lowest BCUT2D eigenvalue weighted by atomic mass is 10.3. The van der Waals surface area contributed by atoms with Crippen molar-refractivity contribution in [3.05, 3.63) is 43.0 Å². The van der Waals surface area contributed by atoms with Crippen molar-refractivity contribution in [2.24, 2.45) is 0 Å². The molecule has 0 saturated heterocycles. The van der Waals surface area contributed by atoms with Gasteiger partial charge in [-0.25, -0.2) is 9.66 Å². The molecule has 1 aromatic carbocycles. The van der Waals surface area contributed by atoms with Gasteiger partial charge >= 0.3 is 0 Å². The fourth-order valence-electron chi connectivity index (χ4n) is 1.65. The van der Waals surface area contributed by atoms with Crippen molar-refractivity contribution >= 4 is 30.1 Å². The molecule has 2 aromatic rings. The lowest BCUT2D eigenvalue weighted by Crippen LogP contribution is -2.30. The molecule has 3 nitrogen and oxygen atoms in total. The zero-order chi connectivity index (χ0) is 10.3. The van der Waals surface area contributed by atoms with E-state index in [0.29, 0.717) is 0 Å². The van der Waals surface area contributed by atoms with Gasteiger partial charge in [0.15, 0.2) is 0 Å². The lowest BCUT2D eigenvalue weighted by Gasteiger charge is -2.23. The Morgan fingerprint density at radius 2 is 2.20 bits per heavy atom. The van der Waals surface area contributed by atoms with Crippen molar-refractivity contribution in [1.82, 2.24) is 9.66 Å². The molecule has 0 aliphatic carbocycles. The van der Waals surface area contributed by atoms with Crippen molar-refractivity contribution < 1.29 is 0 Å². The Morgan fingerprint density at radius 3 is 3.00 bits per heavy atom. The fraction of sp³-hybridized carbons (Fsp3) is 0.100. The first-order chi connectivity index (χ1) is 7.36. The summed E-state index contributed by atoms with van der Waals surface area (Å²) in [6.07, 6.45) is 5.48. The molecule has 1 aliphatic rings. The van der Waals surface area contributed by atoms with Gasteiger partial charge in [-0.3, -0.25) is 5.01 Å². The van der Waals surface area contributed by atoms with E-state index in [2.05, 4.69) is 34.8 Å². The number of hydrogen-bond donors (Lipinski definition) is 1. The number of benzene rings is 1. The number of fused-ring (bicyclic) bond motifs is 1. The maximum absolute atomic E-state index is 4.56. The minimum atomic E-state index is 0.108. The van der Waals surface area contributed by atoms with Gasteiger partial charge in [0, 0.05) is 17.3 Å². The summed E-state index contributed by atoms with van der Waals surface area (Å²) >= 11 is 6.30. The largest absolute Gasteiger partial charge is 0.256 e. The summed E-state index contributed by atoms with van der Waals surface area (Å²) in [5.74, 6) is 0. The molecule has 0 fully saturated rings. The molecule has 1 aliphatic heterocycles. The minimum Gasteiger partial charge on any atom is -0.256 e. The van der Waals surface area contributed by atoms with Gasteiger partial charge in [-0.15, -0.1) is 12.6 Å². The van der Waals surface area contributed by atoms with E-state index >= 15 is 0 Å². The highest BCUT2D eigenvalue weighted by Gasteiger charge is 2.28. The quantitative estimate of drug-likeness (QED) is 0.767. The molecular weight excluding hydrogens is 226 g/mol. The number of anilines is 1. The number of rotatable bonds is 1. The third-order valence-electron chi connectivity index (χ3n) is 2.29. The minimum absolute atomic E-state index is 0.108. The van der Waals surface area contributed by atoms with Crippen molar-refractivity contribution in [2.45, 2.75) is 9.60 Å². The number of para-hydroxylation sites is 1. The highest BCUT2D eigenvalue weighted by molar-refractivity contribution is 8.10. The summed E-state index contributed by atoms with van der Waals surface area (Å²) in [6.45, 7) is 0. The Kier molecular flexibility index (Phi) is 2.14. The Bertz CT molecular complexity index is 469. The summed E-state index contributed by atoms with van der Waals surface area (Å²) in [7, 11) is 0. The van der Waals surface area contributed by atoms with Crippen molar-refractivity contribution in [3.8, 4) is 0 Å². The zero-order valence-electron chi connectivity index (χ0n) is 7.82. The fourth-order valence-corrected chi connectivity index (χ4v) is 3.22. The summed E-state index contributed by atoms with van der Waals surface area (Å²) in [5, 5.41) is 2.11. The Morgan fingerprint density at radius 1 is 1.33 bits per heavy atom. The summed E-state index contributed by atoms with van der Waals surface area (Å²) < 4.78 is 2.06. The van der Waals surface area contributed by atoms with E-state index < -0.39 is 0 Å². The molecule has 1 unspecified atom stereocenters. The van der Waals surface area contributed by atoms with Crippen LogP contribution in [0.25, 0.3) is 0 Å². The molecule has 3 rings (SSSR count). The van der Waals surface area contributed by atoms with E-state index in [1.54, 1.807) is 24.3 Å². The molecule has 76 valence electrons. The first-order valence-electron chi connectivity index (χ1n) is 4.57. The van der Waals surface area contributed by atoms with Crippen LogP contribution in [0.1, 0.15) is 0 Å². The van der Waals surface area contributed by atoms with Gasteiger partial charge in [-0.05, 0) is 12.1 Å². The molecule has 0 radical (unpaired) electrons. The Balaban J connectivity index is 2.10. The number of imidazole rings is 1. The molecule has 1 aromatic heterocycles. The van der Waals surface area contributed by atoms with Crippen LogP contribution in [0, 0.1) is 0 Å². The molecule has 0 N–H and O–H groups in total. The smallest absolute Gasteiger partial charge is 0.144 e. The third-order valence-corrected chi connectivity index (χ3v) is 3.84. The van der Waals surface area contributed by atoms with E-state index in [0.717, 1.165) is 0 Å². The highest BCUT2D eigenvalue weighted by Crippen LogP contribution is 2.44. The van der Waals surface area contributed by atoms with Crippen LogP contribution in [0.15, 0.2) is 47.9 Å². The highest BCUT2D eigenvalue weighted by atomic mass is 32.2. The number of aromatic nitrogens is 2. The molecule has 1 atom stereocenters. The van der Waals surface area contributed by atoms with Gasteiger partial charge in [-0.2, -0.15) is 0 Å². The predicted octanol–water partition coefficient (Wildman–Crippen LogP) is 2.47. The van der Waals surface area contributed by atoms with Crippen LogP contribution >= 0.6 is 24.4 Å². The SMILES string of the molecule is SC1Sc2ccccc2N1n1ccnc1. The average Bonchev–Trinajstić information content (AvgIpc) is 2.82. The molecule has 15 heavy (non-hydrogen) atoms. The van der Waals surface area contributed by atoms with Crippen LogP contribution in [0.2, 0.25) is 0 Å². The second kappa shape index (κ2) is 3.50. The standard InChI is InChI=1S/C10H9N3S2/c14-10-13(12-6-5-11-7-12)8-3-1-2-4-9(8)15-10/h1-7,10,14H. The van der Waals surface area contributed by atoms with Gasteiger partial charge in [0.05, 0.1) is 5.69 Å². The monoisotopic (exact) mass is 235 g/mol. The maximum Gasteiger partial charge on any atom is 0.144 e. The average molecular weight is 235 g/mol. The number of thioether (sulfide) groups is 1. The van der Waals surface area contributed by atoms with Crippen LogP contribution in [-0.4, -0.2) is 14.4 Å². The molecule has 0 bridgehead atoms. The van der Waals surface area contributed by atoms with Crippen molar-refractivity contribution in [3.63, 3.8) is 0 Å². The van der Waals surface area contributed by atoms with Gasteiger partial charge in [0.1, 0.15) is 11.0 Å². The van der Waals surface area contributed by atoms with Gasteiger partial charge in [0.2, 0.25) is 0 Å². The second-order valence-corrected chi connectivity index (χ2v) is 5.16. The van der Waals surface area contributed by atoms with E-state index in [1.807, 2.05) is 23.0 Å². The van der Waals surface area contributed by atoms with E-state index in [1.165, 1.54) is 10.6 Å². The van der Waals surface area contributed by atoms with Crippen LogP contribution in [0.3, 0.4) is 0 Å². The zero-order valence-corrected chi connectivity index (χ0v) is 9.53. The van der Waals surface area contributed by atoms with Crippen molar-refractivity contribution in [2.75, 3.05) is 5.01 Å². The number of thiol groups is 1. The number of hydrogen-bond acceptors (Lipinski definition) is 4. The van der Waals surface area contributed by atoms with Crippen LogP contribution in [-0.2, 0) is 0 Å². The Hall–Kier alpha value is -1.07. The van der Waals surface area contributed by atoms with Crippen LogP contribution in [0.5, 0.6) is 0 Å². The summed E-state index contributed by atoms with van der Waals surface area (Å²) in [6, 6.07) is 8.29. The van der Waals surface area contributed by atoms with Gasteiger partial charge < -0.3 is 0 Å². The van der Waals surface area contributed by atoms with Gasteiger partial charge in [-0.1, -0.05) is 23.9 Å². The first-order valence-corrected chi connectivity index (χ1v) is 5.97. The topological polar surface area (TPSA) is 21.1 Å². The van der Waals surface area contributed by atoms with Gasteiger partial charge in [0.25, 0.3) is 0 Å². The molecule has 0 spiro atoms.